The van der Waals surface area contributed by atoms with Crippen molar-refractivity contribution < 1.29 is 19.0 Å². The molecule has 2 aromatic heterocycles. The van der Waals surface area contributed by atoms with Gasteiger partial charge in [0.05, 0.1) is 32.1 Å². The van der Waals surface area contributed by atoms with Gasteiger partial charge in [0.1, 0.15) is 17.1 Å². The third kappa shape index (κ3) is 6.63. The maximum atomic E-state index is 11.9. The summed E-state index contributed by atoms with van der Waals surface area (Å²) in [5, 5.41) is 15.2. The van der Waals surface area contributed by atoms with Crippen molar-refractivity contribution in [2.75, 3.05) is 32.2 Å². The molecule has 4 rings (SSSR count). The van der Waals surface area contributed by atoms with E-state index in [0.29, 0.717) is 30.5 Å². The number of aromatic nitrogens is 4. The average Bonchev–Trinajstić information content (AvgIpc) is 3.44. The van der Waals surface area contributed by atoms with Gasteiger partial charge in [0.25, 0.3) is 5.95 Å². The number of carbonyl (C=O) groups excluding carboxylic acids is 1. The molecule has 0 spiro atoms. The highest BCUT2D eigenvalue weighted by molar-refractivity contribution is 5.89. The molecule has 2 N–H and O–H groups in total. The van der Waals surface area contributed by atoms with E-state index in [-0.39, 0.29) is 24.0 Å². The number of benzene rings is 1. The van der Waals surface area contributed by atoms with Gasteiger partial charge in [0.2, 0.25) is 5.88 Å². The van der Waals surface area contributed by atoms with Gasteiger partial charge in [-0.25, -0.2) is 14.5 Å². The number of hydrogen-bond acceptors (Lipinski definition) is 9. The van der Waals surface area contributed by atoms with Crippen LogP contribution in [0.15, 0.2) is 36.7 Å². The van der Waals surface area contributed by atoms with Gasteiger partial charge >= 0.3 is 5.97 Å². The van der Waals surface area contributed by atoms with E-state index in [9.17, 15) is 4.79 Å². The summed E-state index contributed by atoms with van der Waals surface area (Å²) < 4.78 is 17.7. The Morgan fingerprint density at radius 3 is 2.68 bits per heavy atom. The van der Waals surface area contributed by atoms with Crippen LogP contribution >= 0.6 is 0 Å². The second-order valence-electron chi connectivity index (χ2n) is 8.86. The smallest absolute Gasteiger partial charge is 0.341 e. The molecule has 1 aromatic carbocycles. The first-order valence-corrected chi connectivity index (χ1v) is 12.8. The lowest BCUT2D eigenvalue weighted by Gasteiger charge is -2.22. The molecular formula is C27H34N6O4. The molecule has 196 valence electrons. The first-order valence-electron chi connectivity index (χ1n) is 12.8. The monoisotopic (exact) mass is 506 g/mol. The number of nitrogens with zero attached hydrogens (tertiary/aromatic N) is 4. The van der Waals surface area contributed by atoms with Gasteiger partial charge in [0, 0.05) is 19.0 Å². The fourth-order valence-corrected chi connectivity index (χ4v) is 4.47. The molecule has 1 saturated carbocycles. The van der Waals surface area contributed by atoms with E-state index in [0.717, 1.165) is 18.4 Å². The van der Waals surface area contributed by atoms with Gasteiger partial charge in [-0.15, -0.1) is 0 Å². The van der Waals surface area contributed by atoms with E-state index >= 15 is 0 Å². The summed E-state index contributed by atoms with van der Waals surface area (Å²) in [5.41, 5.74) is 2.55. The highest BCUT2D eigenvalue weighted by atomic mass is 16.5. The maximum absolute atomic E-state index is 11.9. The van der Waals surface area contributed by atoms with Crippen LogP contribution in [-0.2, 0) is 4.74 Å². The van der Waals surface area contributed by atoms with Crippen LogP contribution in [0, 0.1) is 5.41 Å². The van der Waals surface area contributed by atoms with Crippen LogP contribution in [0.3, 0.4) is 0 Å². The second kappa shape index (κ2) is 12.8. The largest absolute Gasteiger partial charge is 0.494 e. The van der Waals surface area contributed by atoms with Crippen LogP contribution in [0.1, 0.15) is 73.0 Å². The molecule has 0 unspecified atom stereocenters. The Labute approximate surface area is 216 Å². The third-order valence-electron chi connectivity index (χ3n) is 6.37. The lowest BCUT2D eigenvalue weighted by Crippen LogP contribution is -2.14. The normalized spacial score (nSPS) is 13.7. The minimum Gasteiger partial charge on any atom is -0.494 e. The fourth-order valence-electron chi connectivity index (χ4n) is 4.47. The summed E-state index contributed by atoms with van der Waals surface area (Å²) in [6.07, 6.45) is 11.3. The molecule has 1 fully saturated rings. The van der Waals surface area contributed by atoms with Crippen molar-refractivity contribution in [2.45, 2.75) is 51.4 Å². The minimum absolute atomic E-state index is 0.177. The van der Waals surface area contributed by atoms with Gasteiger partial charge in [-0.05, 0) is 49.8 Å². The van der Waals surface area contributed by atoms with E-state index in [1.54, 1.807) is 6.92 Å². The molecule has 1 aliphatic carbocycles. The van der Waals surface area contributed by atoms with Crippen LogP contribution in [0.2, 0.25) is 0 Å². The Bertz CT molecular complexity index is 1190. The molecule has 0 aliphatic heterocycles. The van der Waals surface area contributed by atoms with Gasteiger partial charge in [-0.2, -0.15) is 10.1 Å². The second-order valence-corrected chi connectivity index (χ2v) is 8.86. The molecule has 0 radical (unpaired) electrons. The van der Waals surface area contributed by atoms with E-state index in [1.807, 2.05) is 0 Å². The Balaban J connectivity index is 1.32. The van der Waals surface area contributed by atoms with Gasteiger partial charge in [0.15, 0.2) is 0 Å². The Hall–Kier alpha value is -3.95. The highest BCUT2D eigenvalue weighted by Crippen LogP contribution is 2.33. The standard InChI is InChI=1S/C27H34N6O4/c1-3-36-26(34)21-17-30-33(18-21)27-31-23(16-28)24(25(32-27)35-2)29-14-7-15-37-22-12-10-20(11-13-22)19-8-5-4-6-9-19/h10-13,16-19,28-29H,3-9,14-15H2,1-2H3. The summed E-state index contributed by atoms with van der Waals surface area (Å²) in [6.45, 7) is 3.12. The molecule has 10 heteroatoms. The summed E-state index contributed by atoms with van der Waals surface area (Å²) in [7, 11) is 1.50. The van der Waals surface area contributed by atoms with Crippen LogP contribution < -0.4 is 14.8 Å². The maximum Gasteiger partial charge on any atom is 0.341 e. The van der Waals surface area contributed by atoms with Gasteiger partial charge in [-0.3, -0.25) is 0 Å². The molecule has 37 heavy (non-hydrogen) atoms. The number of ether oxygens (including phenoxy) is 3. The number of carbonyl (C=O) groups is 1. The first kappa shape index (κ1) is 26.1. The minimum atomic E-state index is -0.478. The number of methoxy groups -OCH3 is 1. The Kier molecular flexibility index (Phi) is 9.07. The summed E-state index contributed by atoms with van der Waals surface area (Å²) in [6, 6.07) is 8.50. The predicted molar refractivity (Wildman–Crippen MR) is 140 cm³/mol. The molecule has 2 heterocycles. The van der Waals surface area contributed by atoms with Crippen molar-refractivity contribution in [2.24, 2.45) is 0 Å². The number of rotatable bonds is 12. The predicted octanol–water partition coefficient (Wildman–Crippen LogP) is 4.77. The number of nitrogens with one attached hydrogen (secondary N) is 2. The van der Waals surface area contributed by atoms with Crippen molar-refractivity contribution in [1.82, 2.24) is 19.7 Å². The van der Waals surface area contributed by atoms with Gasteiger partial charge in [-0.1, -0.05) is 31.4 Å². The van der Waals surface area contributed by atoms with E-state index < -0.39 is 5.97 Å². The van der Waals surface area contributed by atoms with Crippen molar-refractivity contribution >= 4 is 17.9 Å². The van der Waals surface area contributed by atoms with Crippen molar-refractivity contribution in [3.63, 3.8) is 0 Å². The molecule has 0 amide bonds. The van der Waals surface area contributed by atoms with Crippen molar-refractivity contribution in [1.29, 1.82) is 5.41 Å². The molecule has 1 aliphatic rings. The molecule has 3 aromatic rings. The average molecular weight is 507 g/mol. The number of anilines is 1. The lowest BCUT2D eigenvalue weighted by molar-refractivity contribution is 0.0526. The third-order valence-corrected chi connectivity index (χ3v) is 6.37. The number of esters is 1. The highest BCUT2D eigenvalue weighted by Gasteiger charge is 2.18. The van der Waals surface area contributed by atoms with Crippen molar-refractivity contribution in [3.8, 4) is 17.6 Å². The van der Waals surface area contributed by atoms with Crippen LogP contribution in [0.4, 0.5) is 5.69 Å². The zero-order valence-corrected chi connectivity index (χ0v) is 21.4. The Morgan fingerprint density at radius 1 is 1.19 bits per heavy atom. The van der Waals surface area contributed by atoms with Gasteiger partial charge < -0.3 is 24.9 Å². The molecule has 0 atom stereocenters. The van der Waals surface area contributed by atoms with Crippen LogP contribution in [0.25, 0.3) is 5.95 Å². The zero-order chi connectivity index (χ0) is 26.0. The SMILES string of the molecule is CCOC(=O)c1cnn(-c2nc(C=N)c(NCCCOc3ccc(C4CCCCC4)cc3)c(OC)n2)c1. The summed E-state index contributed by atoms with van der Waals surface area (Å²) >= 11 is 0. The quantitative estimate of drug-likeness (QED) is 0.204. The van der Waals surface area contributed by atoms with Crippen molar-refractivity contribution in [3.05, 3.63) is 53.5 Å². The summed E-state index contributed by atoms with van der Waals surface area (Å²) in [4.78, 5) is 20.7. The van der Waals surface area contributed by atoms with E-state index in [1.165, 1.54) is 61.9 Å². The topological polar surface area (TPSA) is 124 Å². The number of hydrogen-bond donors (Lipinski definition) is 2. The first-order chi connectivity index (χ1) is 18.1. The summed E-state index contributed by atoms with van der Waals surface area (Å²) in [5.74, 6) is 1.53. The van der Waals surface area contributed by atoms with E-state index in [4.69, 9.17) is 19.6 Å². The molecule has 0 bridgehead atoms. The van der Waals surface area contributed by atoms with E-state index in [2.05, 4.69) is 44.6 Å². The van der Waals surface area contributed by atoms with Crippen LogP contribution in [-0.4, -0.2) is 58.8 Å². The fraction of sp³-hybridized carbons (Fsp3) is 0.444. The Morgan fingerprint density at radius 2 is 1.97 bits per heavy atom. The van der Waals surface area contributed by atoms with Crippen LogP contribution in [0.5, 0.6) is 11.6 Å². The molecular weight excluding hydrogens is 472 g/mol. The zero-order valence-electron chi connectivity index (χ0n) is 21.4. The molecule has 10 nitrogen and oxygen atoms in total. The molecule has 0 saturated heterocycles. The lowest BCUT2D eigenvalue weighted by atomic mass is 9.84.